The van der Waals surface area contributed by atoms with Gasteiger partial charge in [0.05, 0.1) is 4.92 Å². The van der Waals surface area contributed by atoms with Crippen molar-refractivity contribution in [2.45, 2.75) is 33.2 Å². The van der Waals surface area contributed by atoms with Crippen LogP contribution in [0.15, 0.2) is 12.3 Å². The molecule has 1 N–H and O–H groups in total. The van der Waals surface area contributed by atoms with Gasteiger partial charge in [-0.3, -0.25) is 14.9 Å². The molecule has 0 spiro atoms. The summed E-state index contributed by atoms with van der Waals surface area (Å²) in [6.07, 6.45) is 2.07. The third-order valence-corrected chi connectivity index (χ3v) is 2.79. The van der Waals surface area contributed by atoms with E-state index in [1.807, 2.05) is 20.8 Å². The number of hydrogen-bond donors (Lipinski definition) is 1. The predicted octanol–water partition coefficient (Wildman–Crippen LogP) is 2.81. The predicted molar refractivity (Wildman–Crippen MR) is 72.3 cm³/mol. The van der Waals surface area contributed by atoms with Crippen LogP contribution >= 0.6 is 11.6 Å². The Kier molecular flexibility index (Phi) is 5.23. The largest absolute Gasteiger partial charge is 0.349 e. The summed E-state index contributed by atoms with van der Waals surface area (Å²) >= 11 is 5.66. The molecular formula is C12H16ClN3O3. The van der Waals surface area contributed by atoms with Gasteiger partial charge in [0.25, 0.3) is 5.91 Å². The number of pyridine rings is 1. The first kappa shape index (κ1) is 15.4. The van der Waals surface area contributed by atoms with Crippen molar-refractivity contribution >= 4 is 23.2 Å². The molecule has 1 rings (SSSR count). The van der Waals surface area contributed by atoms with Crippen molar-refractivity contribution in [3.8, 4) is 0 Å². The number of carbonyl (C=O) groups excluding carboxylic acids is 1. The molecule has 0 aromatic carbocycles. The smallest absolute Gasteiger partial charge is 0.319 e. The second kappa shape index (κ2) is 6.47. The van der Waals surface area contributed by atoms with Gasteiger partial charge in [-0.1, -0.05) is 25.4 Å². The summed E-state index contributed by atoms with van der Waals surface area (Å²) in [5, 5.41) is 13.3. The molecule has 104 valence electrons. The van der Waals surface area contributed by atoms with Gasteiger partial charge in [-0.2, -0.15) is 0 Å². The number of nitro groups is 1. The van der Waals surface area contributed by atoms with E-state index in [0.29, 0.717) is 5.92 Å². The molecule has 1 unspecified atom stereocenters. The molecule has 0 bridgehead atoms. The molecule has 1 amide bonds. The van der Waals surface area contributed by atoms with Crippen molar-refractivity contribution < 1.29 is 9.72 Å². The molecule has 0 fully saturated rings. The number of aromatic nitrogens is 1. The van der Waals surface area contributed by atoms with Gasteiger partial charge in [0.2, 0.25) is 5.15 Å². The van der Waals surface area contributed by atoms with Crippen molar-refractivity contribution in [3.63, 3.8) is 0 Å². The molecule has 0 saturated carbocycles. The minimum atomic E-state index is -0.697. The number of halogens is 1. The number of rotatable bonds is 5. The molecule has 19 heavy (non-hydrogen) atoms. The summed E-state index contributed by atoms with van der Waals surface area (Å²) in [4.78, 5) is 25.8. The zero-order valence-electron chi connectivity index (χ0n) is 11.0. The van der Waals surface area contributed by atoms with Gasteiger partial charge < -0.3 is 5.32 Å². The molecule has 1 aromatic rings. The van der Waals surface area contributed by atoms with E-state index in [9.17, 15) is 14.9 Å². The van der Waals surface area contributed by atoms with Crippen LogP contribution < -0.4 is 5.32 Å². The minimum absolute atomic E-state index is 0.0689. The first-order chi connectivity index (χ1) is 8.82. The van der Waals surface area contributed by atoms with Crippen LogP contribution in [0.25, 0.3) is 0 Å². The summed E-state index contributed by atoms with van der Waals surface area (Å²) in [5.41, 5.74) is -0.529. The normalized spacial score (nSPS) is 12.3. The maximum absolute atomic E-state index is 12.0. The molecule has 1 heterocycles. The Bertz CT molecular complexity index is 491. The highest BCUT2D eigenvalue weighted by Crippen LogP contribution is 2.25. The van der Waals surface area contributed by atoms with E-state index >= 15 is 0 Å². The number of nitrogens with zero attached hydrogens (tertiary/aromatic N) is 2. The second-order valence-corrected chi connectivity index (χ2v) is 5.12. The number of nitrogens with one attached hydrogen (secondary N) is 1. The summed E-state index contributed by atoms with van der Waals surface area (Å²) < 4.78 is 0. The second-order valence-electron chi connectivity index (χ2n) is 4.76. The van der Waals surface area contributed by atoms with Gasteiger partial charge in [0, 0.05) is 12.2 Å². The average Bonchev–Trinajstić information content (AvgIpc) is 2.26. The van der Waals surface area contributed by atoms with Gasteiger partial charge >= 0.3 is 5.69 Å². The van der Waals surface area contributed by atoms with Gasteiger partial charge in [-0.25, -0.2) is 4.98 Å². The summed E-state index contributed by atoms with van der Waals surface area (Å²) in [6.45, 7) is 5.93. The maximum Gasteiger partial charge on any atom is 0.319 e. The highest BCUT2D eigenvalue weighted by atomic mass is 35.5. The lowest BCUT2D eigenvalue weighted by Gasteiger charge is -2.15. The summed E-state index contributed by atoms with van der Waals surface area (Å²) in [5.74, 6) is -0.0875. The molecule has 1 aromatic heterocycles. The Morgan fingerprint density at radius 1 is 1.53 bits per heavy atom. The monoisotopic (exact) mass is 285 g/mol. The topological polar surface area (TPSA) is 85.1 Å². The fourth-order valence-electron chi connectivity index (χ4n) is 1.85. The first-order valence-corrected chi connectivity index (χ1v) is 6.30. The van der Waals surface area contributed by atoms with Crippen LogP contribution in [0.1, 0.15) is 37.6 Å². The number of carbonyl (C=O) groups is 1. The molecule has 0 aliphatic rings. The van der Waals surface area contributed by atoms with E-state index in [1.165, 1.54) is 12.3 Å². The molecule has 6 nitrogen and oxygen atoms in total. The van der Waals surface area contributed by atoms with Crippen LogP contribution in [0.3, 0.4) is 0 Å². The van der Waals surface area contributed by atoms with E-state index < -0.39 is 16.5 Å². The lowest BCUT2D eigenvalue weighted by atomic mass is 10.0. The van der Waals surface area contributed by atoms with Crippen LogP contribution in [0.2, 0.25) is 5.15 Å². The average molecular weight is 286 g/mol. The van der Waals surface area contributed by atoms with Crippen molar-refractivity contribution in [2.75, 3.05) is 0 Å². The summed E-state index contributed by atoms with van der Waals surface area (Å²) in [7, 11) is 0. The Balaban J connectivity index is 2.94. The van der Waals surface area contributed by atoms with Gasteiger partial charge in [-0.15, -0.1) is 0 Å². The van der Waals surface area contributed by atoms with Crippen molar-refractivity contribution in [1.29, 1.82) is 0 Å². The van der Waals surface area contributed by atoms with Gasteiger partial charge in [-0.05, 0) is 25.3 Å². The van der Waals surface area contributed by atoms with Crippen molar-refractivity contribution in [3.05, 3.63) is 33.1 Å². The zero-order chi connectivity index (χ0) is 14.6. The summed E-state index contributed by atoms with van der Waals surface area (Å²) in [6, 6.07) is 1.22. The Morgan fingerprint density at radius 2 is 2.16 bits per heavy atom. The van der Waals surface area contributed by atoms with Crippen LogP contribution in [0.4, 0.5) is 5.69 Å². The van der Waals surface area contributed by atoms with Gasteiger partial charge in [0.15, 0.2) is 0 Å². The quantitative estimate of drug-likeness (QED) is 0.512. The first-order valence-electron chi connectivity index (χ1n) is 5.92. The van der Waals surface area contributed by atoms with E-state index in [2.05, 4.69) is 10.3 Å². The van der Waals surface area contributed by atoms with E-state index in [1.54, 1.807) is 0 Å². The van der Waals surface area contributed by atoms with Crippen LogP contribution in [0, 0.1) is 16.0 Å². The number of amides is 1. The van der Waals surface area contributed by atoms with E-state index in [-0.39, 0.29) is 16.8 Å². The van der Waals surface area contributed by atoms with Crippen molar-refractivity contribution in [1.82, 2.24) is 10.3 Å². The molecule has 7 heteroatoms. The molecule has 1 atom stereocenters. The Labute approximate surface area is 116 Å². The molecule has 0 aliphatic carbocycles. The Morgan fingerprint density at radius 3 is 2.68 bits per heavy atom. The lowest BCUT2D eigenvalue weighted by Crippen LogP contribution is -2.33. The van der Waals surface area contributed by atoms with Crippen LogP contribution in [-0.4, -0.2) is 21.9 Å². The number of hydrogen-bond acceptors (Lipinski definition) is 4. The van der Waals surface area contributed by atoms with Gasteiger partial charge in [0.1, 0.15) is 5.56 Å². The zero-order valence-corrected chi connectivity index (χ0v) is 11.8. The van der Waals surface area contributed by atoms with Crippen molar-refractivity contribution in [2.24, 2.45) is 5.92 Å². The lowest BCUT2D eigenvalue weighted by molar-refractivity contribution is -0.385. The highest BCUT2D eigenvalue weighted by Gasteiger charge is 2.25. The third-order valence-electron chi connectivity index (χ3n) is 2.51. The van der Waals surface area contributed by atoms with E-state index in [0.717, 1.165) is 6.42 Å². The standard InChI is InChI=1S/C12H16ClN3O3/c1-7(2)6-8(3)15-12(17)9-4-5-14-11(13)10(9)16(18)19/h4-5,7-8H,6H2,1-3H3,(H,15,17). The Hall–Kier alpha value is -1.69. The minimum Gasteiger partial charge on any atom is -0.349 e. The molecule has 0 saturated heterocycles. The molecule has 0 aliphatic heterocycles. The third kappa shape index (κ3) is 4.17. The highest BCUT2D eigenvalue weighted by molar-refractivity contribution is 6.32. The van der Waals surface area contributed by atoms with Crippen LogP contribution in [0.5, 0.6) is 0 Å². The van der Waals surface area contributed by atoms with E-state index in [4.69, 9.17) is 11.6 Å². The SMILES string of the molecule is CC(C)CC(C)NC(=O)c1ccnc(Cl)c1[N+](=O)[O-]. The fraction of sp³-hybridized carbons (Fsp3) is 0.500. The van der Waals surface area contributed by atoms with Crippen LogP contribution in [-0.2, 0) is 0 Å². The molecular weight excluding hydrogens is 270 g/mol. The fourth-order valence-corrected chi connectivity index (χ4v) is 2.08. The molecule has 0 radical (unpaired) electrons. The maximum atomic E-state index is 12.0.